The number of likely N-dealkylation sites (N-methyl/N-ethyl adjacent to an activating group) is 1. The van der Waals surface area contributed by atoms with Gasteiger partial charge in [0.05, 0.1) is 0 Å². The number of aryl methyl sites for hydroxylation is 1. The minimum atomic E-state index is -1.17. The lowest BCUT2D eigenvalue weighted by Gasteiger charge is -2.12. The van der Waals surface area contributed by atoms with Crippen molar-refractivity contribution in [3.63, 3.8) is 0 Å². The second-order valence-corrected chi connectivity index (χ2v) is 3.98. The predicted molar refractivity (Wildman–Crippen MR) is 61.0 cm³/mol. The van der Waals surface area contributed by atoms with Gasteiger partial charge in [0.2, 0.25) is 0 Å². The third-order valence-electron chi connectivity index (χ3n) is 2.38. The van der Waals surface area contributed by atoms with Crippen LogP contribution in [0.2, 0.25) is 0 Å². The molecular weight excluding hydrogens is 208 g/mol. The summed E-state index contributed by atoms with van der Waals surface area (Å²) in [4.78, 5) is 24.7. The standard InChI is InChI=1S/C11H16N2O3/c1-8-4-5-13(7-6-12(2)3)10(14)9(8)11(15)16/h4-5H,6-7H2,1-3H3,(H,15,16). The highest BCUT2D eigenvalue weighted by atomic mass is 16.4. The molecular formula is C11H16N2O3. The molecule has 1 heterocycles. The van der Waals surface area contributed by atoms with Crippen molar-refractivity contribution >= 4 is 5.97 Å². The van der Waals surface area contributed by atoms with Crippen LogP contribution in [0.1, 0.15) is 15.9 Å². The molecule has 0 unspecified atom stereocenters. The predicted octanol–water partition coefficient (Wildman–Crippen LogP) is 0.417. The fourth-order valence-corrected chi connectivity index (χ4v) is 1.41. The number of aromatic nitrogens is 1. The third-order valence-corrected chi connectivity index (χ3v) is 2.38. The second-order valence-electron chi connectivity index (χ2n) is 3.98. The first-order valence-electron chi connectivity index (χ1n) is 5.01. The van der Waals surface area contributed by atoms with Gasteiger partial charge < -0.3 is 14.6 Å². The molecule has 1 aromatic rings. The molecule has 0 saturated carbocycles. The van der Waals surface area contributed by atoms with Crippen molar-refractivity contribution in [3.05, 3.63) is 33.7 Å². The van der Waals surface area contributed by atoms with Crippen molar-refractivity contribution in [2.24, 2.45) is 0 Å². The van der Waals surface area contributed by atoms with E-state index in [2.05, 4.69) is 0 Å². The summed E-state index contributed by atoms with van der Waals surface area (Å²) in [5.41, 5.74) is -0.0748. The van der Waals surface area contributed by atoms with E-state index >= 15 is 0 Å². The smallest absolute Gasteiger partial charge is 0.341 e. The summed E-state index contributed by atoms with van der Waals surface area (Å²) in [7, 11) is 3.80. The fourth-order valence-electron chi connectivity index (χ4n) is 1.41. The van der Waals surface area contributed by atoms with Gasteiger partial charge in [0, 0.05) is 19.3 Å². The third kappa shape index (κ3) is 2.70. The van der Waals surface area contributed by atoms with Crippen molar-refractivity contribution in [2.75, 3.05) is 20.6 Å². The van der Waals surface area contributed by atoms with Crippen molar-refractivity contribution in [1.29, 1.82) is 0 Å². The first-order chi connectivity index (χ1) is 7.43. The molecule has 0 aromatic carbocycles. The summed E-state index contributed by atoms with van der Waals surface area (Å²) < 4.78 is 1.43. The lowest BCUT2D eigenvalue weighted by atomic mass is 10.1. The van der Waals surface area contributed by atoms with Crippen LogP contribution in [-0.4, -0.2) is 41.2 Å². The van der Waals surface area contributed by atoms with E-state index in [0.29, 0.717) is 18.7 Å². The zero-order valence-electron chi connectivity index (χ0n) is 9.73. The van der Waals surface area contributed by atoms with Gasteiger partial charge in [-0.05, 0) is 32.6 Å². The molecule has 88 valence electrons. The number of pyridine rings is 1. The Balaban J connectivity index is 3.09. The van der Waals surface area contributed by atoms with E-state index in [0.717, 1.165) is 0 Å². The van der Waals surface area contributed by atoms with Gasteiger partial charge in [-0.25, -0.2) is 4.79 Å². The van der Waals surface area contributed by atoms with E-state index in [1.54, 1.807) is 19.2 Å². The molecule has 0 aliphatic rings. The molecule has 0 fully saturated rings. The number of nitrogens with zero attached hydrogens (tertiary/aromatic N) is 2. The Hall–Kier alpha value is -1.62. The zero-order chi connectivity index (χ0) is 12.3. The van der Waals surface area contributed by atoms with Crippen molar-refractivity contribution in [2.45, 2.75) is 13.5 Å². The number of carboxylic acids is 1. The van der Waals surface area contributed by atoms with Gasteiger partial charge in [0.25, 0.3) is 5.56 Å². The van der Waals surface area contributed by atoms with Gasteiger partial charge in [-0.2, -0.15) is 0 Å². The normalized spacial score (nSPS) is 10.8. The van der Waals surface area contributed by atoms with E-state index in [4.69, 9.17) is 5.11 Å². The van der Waals surface area contributed by atoms with Gasteiger partial charge in [0.15, 0.2) is 0 Å². The highest BCUT2D eigenvalue weighted by molar-refractivity contribution is 5.88. The SMILES string of the molecule is Cc1ccn(CCN(C)C)c(=O)c1C(=O)O. The number of hydrogen-bond acceptors (Lipinski definition) is 3. The molecule has 0 bridgehead atoms. The first-order valence-corrected chi connectivity index (χ1v) is 5.01. The summed E-state index contributed by atoms with van der Waals surface area (Å²) >= 11 is 0. The maximum atomic E-state index is 11.8. The van der Waals surface area contributed by atoms with Gasteiger partial charge in [-0.15, -0.1) is 0 Å². The number of carboxylic acid groups (broad SMARTS) is 1. The molecule has 1 aromatic heterocycles. The first kappa shape index (κ1) is 12.4. The van der Waals surface area contributed by atoms with E-state index < -0.39 is 11.5 Å². The molecule has 5 nitrogen and oxygen atoms in total. The Morgan fingerprint density at radius 2 is 2.12 bits per heavy atom. The molecule has 0 aliphatic carbocycles. The average molecular weight is 224 g/mol. The van der Waals surface area contributed by atoms with Crippen molar-refractivity contribution in [3.8, 4) is 0 Å². The summed E-state index contributed by atoms with van der Waals surface area (Å²) in [5.74, 6) is -1.17. The maximum Gasteiger partial charge on any atom is 0.341 e. The van der Waals surface area contributed by atoms with Crippen LogP contribution in [0.3, 0.4) is 0 Å². The van der Waals surface area contributed by atoms with E-state index in [-0.39, 0.29) is 5.56 Å². The Kier molecular flexibility index (Phi) is 3.84. The van der Waals surface area contributed by atoms with Crippen LogP contribution >= 0.6 is 0 Å². The maximum absolute atomic E-state index is 11.8. The highest BCUT2D eigenvalue weighted by Crippen LogP contribution is 2.01. The average Bonchev–Trinajstić information content (AvgIpc) is 2.15. The second kappa shape index (κ2) is 4.94. The Labute approximate surface area is 93.9 Å². The number of carbonyl (C=O) groups is 1. The summed E-state index contributed by atoms with van der Waals surface area (Å²) in [6.07, 6.45) is 1.63. The molecule has 5 heteroatoms. The topological polar surface area (TPSA) is 62.5 Å². The van der Waals surface area contributed by atoms with Crippen LogP contribution in [0.5, 0.6) is 0 Å². The van der Waals surface area contributed by atoms with Crippen LogP contribution in [0, 0.1) is 6.92 Å². The van der Waals surface area contributed by atoms with Crippen molar-refractivity contribution < 1.29 is 9.90 Å². The quantitative estimate of drug-likeness (QED) is 0.805. The minimum absolute atomic E-state index is 0.138. The molecule has 0 aliphatic heterocycles. The van der Waals surface area contributed by atoms with Crippen LogP contribution in [0.15, 0.2) is 17.1 Å². The van der Waals surface area contributed by atoms with Crippen molar-refractivity contribution in [1.82, 2.24) is 9.47 Å². The lowest BCUT2D eigenvalue weighted by Crippen LogP contribution is -2.30. The van der Waals surface area contributed by atoms with Crippen LogP contribution < -0.4 is 5.56 Å². The number of aromatic carboxylic acids is 1. The molecule has 0 atom stereocenters. The number of rotatable bonds is 4. The molecule has 0 saturated heterocycles. The molecule has 0 radical (unpaired) electrons. The Morgan fingerprint density at radius 1 is 1.50 bits per heavy atom. The van der Waals surface area contributed by atoms with Crippen LogP contribution in [0.4, 0.5) is 0 Å². The summed E-state index contributed by atoms with van der Waals surface area (Å²) in [6, 6.07) is 1.65. The van der Waals surface area contributed by atoms with E-state index in [9.17, 15) is 9.59 Å². The zero-order valence-corrected chi connectivity index (χ0v) is 9.73. The molecule has 16 heavy (non-hydrogen) atoms. The molecule has 1 rings (SSSR count). The Morgan fingerprint density at radius 3 is 2.62 bits per heavy atom. The van der Waals surface area contributed by atoms with Gasteiger partial charge >= 0.3 is 5.97 Å². The van der Waals surface area contributed by atoms with Gasteiger partial charge in [-0.3, -0.25) is 4.79 Å². The molecule has 0 spiro atoms. The largest absolute Gasteiger partial charge is 0.477 e. The monoisotopic (exact) mass is 224 g/mol. The highest BCUT2D eigenvalue weighted by Gasteiger charge is 2.13. The van der Waals surface area contributed by atoms with Crippen LogP contribution in [0.25, 0.3) is 0 Å². The fraction of sp³-hybridized carbons (Fsp3) is 0.455. The minimum Gasteiger partial charge on any atom is -0.477 e. The lowest BCUT2D eigenvalue weighted by molar-refractivity contribution is 0.0693. The molecule has 0 amide bonds. The van der Waals surface area contributed by atoms with Crippen LogP contribution in [-0.2, 0) is 6.54 Å². The molecule has 1 N–H and O–H groups in total. The number of hydrogen-bond donors (Lipinski definition) is 1. The summed E-state index contributed by atoms with van der Waals surface area (Å²) in [6.45, 7) is 2.82. The summed E-state index contributed by atoms with van der Waals surface area (Å²) in [5, 5.41) is 8.92. The van der Waals surface area contributed by atoms with Gasteiger partial charge in [-0.1, -0.05) is 0 Å². The van der Waals surface area contributed by atoms with Gasteiger partial charge in [0.1, 0.15) is 5.56 Å². The Bertz CT molecular complexity index is 449. The van der Waals surface area contributed by atoms with E-state index in [1.807, 2.05) is 19.0 Å². The van der Waals surface area contributed by atoms with E-state index in [1.165, 1.54) is 4.57 Å².